The van der Waals surface area contributed by atoms with Crippen LogP contribution in [0.2, 0.25) is 10.0 Å². The minimum absolute atomic E-state index is 0.0714. The van der Waals surface area contributed by atoms with Crippen LogP contribution in [0.15, 0.2) is 52.6 Å². The lowest BCUT2D eigenvalue weighted by atomic mass is 9.98. The number of hydrogen-bond donors (Lipinski definition) is 1. The van der Waals surface area contributed by atoms with E-state index >= 15 is 0 Å². The Labute approximate surface area is 189 Å². The van der Waals surface area contributed by atoms with Gasteiger partial charge in [0.1, 0.15) is 0 Å². The third kappa shape index (κ3) is 4.72. The number of pyridine rings is 1. The SMILES string of the molecule is Cc1c(C(=O)C(=O)O)c(C(C)C)c(Sc2cc(Cl)cc(Cl)c2)n1Cc1ccncc1. The molecular formula is C22H20Cl2N2O3S. The number of carboxylic acids is 1. The van der Waals surface area contributed by atoms with Crippen molar-refractivity contribution in [2.75, 3.05) is 0 Å². The molecule has 2 aromatic heterocycles. The topological polar surface area (TPSA) is 72.2 Å². The van der Waals surface area contributed by atoms with Gasteiger partial charge in [-0.15, -0.1) is 0 Å². The summed E-state index contributed by atoms with van der Waals surface area (Å²) in [6.45, 7) is 6.13. The molecule has 0 fully saturated rings. The van der Waals surface area contributed by atoms with E-state index in [4.69, 9.17) is 23.2 Å². The molecule has 0 bridgehead atoms. The summed E-state index contributed by atoms with van der Waals surface area (Å²) in [6.07, 6.45) is 3.40. The average molecular weight is 463 g/mol. The van der Waals surface area contributed by atoms with Crippen molar-refractivity contribution in [3.05, 3.63) is 75.2 Å². The molecule has 3 rings (SSSR count). The van der Waals surface area contributed by atoms with E-state index in [9.17, 15) is 14.7 Å². The molecular weight excluding hydrogens is 443 g/mol. The Hall–Kier alpha value is -2.28. The molecule has 1 N–H and O–H groups in total. The van der Waals surface area contributed by atoms with Gasteiger partial charge < -0.3 is 9.67 Å². The van der Waals surface area contributed by atoms with Crippen LogP contribution in [0.25, 0.3) is 0 Å². The van der Waals surface area contributed by atoms with Gasteiger partial charge in [0.15, 0.2) is 0 Å². The fraction of sp³-hybridized carbons (Fsp3) is 0.227. The maximum absolute atomic E-state index is 12.6. The van der Waals surface area contributed by atoms with Crippen molar-refractivity contribution in [3.63, 3.8) is 0 Å². The van der Waals surface area contributed by atoms with E-state index in [1.807, 2.05) is 30.5 Å². The van der Waals surface area contributed by atoms with Gasteiger partial charge in [-0.3, -0.25) is 9.78 Å². The summed E-state index contributed by atoms with van der Waals surface area (Å²) in [7, 11) is 0. The monoisotopic (exact) mass is 462 g/mol. The largest absolute Gasteiger partial charge is 0.475 e. The molecule has 30 heavy (non-hydrogen) atoms. The minimum atomic E-state index is -1.47. The highest BCUT2D eigenvalue weighted by Crippen LogP contribution is 2.41. The van der Waals surface area contributed by atoms with Crippen LogP contribution in [0, 0.1) is 6.92 Å². The first-order valence-electron chi connectivity index (χ1n) is 9.22. The Morgan fingerprint density at radius 3 is 2.27 bits per heavy atom. The van der Waals surface area contributed by atoms with Crippen molar-refractivity contribution in [2.45, 2.75) is 43.2 Å². The number of hydrogen-bond acceptors (Lipinski definition) is 4. The highest BCUT2D eigenvalue weighted by molar-refractivity contribution is 7.99. The number of carbonyl (C=O) groups is 2. The first-order valence-corrected chi connectivity index (χ1v) is 10.8. The van der Waals surface area contributed by atoms with Crippen LogP contribution >= 0.6 is 35.0 Å². The maximum atomic E-state index is 12.6. The number of rotatable bonds is 7. The predicted molar refractivity (Wildman–Crippen MR) is 119 cm³/mol. The molecule has 0 saturated heterocycles. The number of ketones is 1. The van der Waals surface area contributed by atoms with Crippen molar-refractivity contribution >= 4 is 46.7 Å². The van der Waals surface area contributed by atoms with E-state index in [0.717, 1.165) is 15.5 Å². The molecule has 1 aromatic carbocycles. The van der Waals surface area contributed by atoms with Gasteiger partial charge in [0.05, 0.1) is 10.6 Å². The third-order valence-electron chi connectivity index (χ3n) is 4.65. The third-order valence-corrected chi connectivity index (χ3v) is 6.19. The second-order valence-corrected chi connectivity index (χ2v) is 9.05. The molecule has 5 nitrogen and oxygen atoms in total. The molecule has 2 heterocycles. The van der Waals surface area contributed by atoms with Gasteiger partial charge in [-0.2, -0.15) is 0 Å². The van der Waals surface area contributed by atoms with Crippen LogP contribution in [0.5, 0.6) is 0 Å². The molecule has 0 spiro atoms. The molecule has 0 unspecified atom stereocenters. The standard InChI is InChI=1S/C22H20Cl2N2O3S/c1-12(2)18-19(20(27)22(28)29)13(3)26(11-14-4-6-25-7-5-14)21(18)30-17-9-15(23)8-16(24)10-17/h4-10,12H,11H2,1-3H3,(H,28,29). The summed E-state index contributed by atoms with van der Waals surface area (Å²) in [6, 6.07) is 9.01. The van der Waals surface area contributed by atoms with Gasteiger partial charge >= 0.3 is 5.97 Å². The molecule has 0 saturated carbocycles. The highest BCUT2D eigenvalue weighted by atomic mass is 35.5. The van der Waals surface area contributed by atoms with Crippen LogP contribution in [0.1, 0.15) is 46.9 Å². The predicted octanol–water partition coefficient (Wildman–Crippen LogP) is 6.09. The zero-order valence-electron chi connectivity index (χ0n) is 16.6. The number of aliphatic carboxylic acids is 1. The Morgan fingerprint density at radius 2 is 1.73 bits per heavy atom. The first-order chi connectivity index (χ1) is 14.2. The van der Waals surface area contributed by atoms with Gasteiger partial charge in [-0.05, 0) is 54.3 Å². The van der Waals surface area contributed by atoms with Gasteiger partial charge in [0.25, 0.3) is 5.78 Å². The highest BCUT2D eigenvalue weighted by Gasteiger charge is 2.30. The van der Waals surface area contributed by atoms with E-state index in [1.165, 1.54) is 11.8 Å². The van der Waals surface area contributed by atoms with E-state index in [1.54, 1.807) is 37.5 Å². The number of carbonyl (C=O) groups excluding carboxylic acids is 1. The van der Waals surface area contributed by atoms with Gasteiger partial charge in [0.2, 0.25) is 0 Å². The van der Waals surface area contributed by atoms with Crippen LogP contribution < -0.4 is 0 Å². The van der Waals surface area contributed by atoms with Crippen molar-refractivity contribution in [1.82, 2.24) is 9.55 Å². The lowest BCUT2D eigenvalue weighted by Crippen LogP contribution is -2.16. The number of benzene rings is 1. The summed E-state index contributed by atoms with van der Waals surface area (Å²) in [4.78, 5) is 29.0. The van der Waals surface area contributed by atoms with E-state index in [0.29, 0.717) is 27.8 Å². The quantitative estimate of drug-likeness (QED) is 0.339. The second-order valence-electron chi connectivity index (χ2n) is 7.12. The molecule has 0 radical (unpaired) electrons. The molecule has 0 atom stereocenters. The molecule has 0 amide bonds. The number of carboxylic acid groups (broad SMARTS) is 1. The van der Waals surface area contributed by atoms with Gasteiger partial charge in [-0.25, -0.2) is 4.79 Å². The van der Waals surface area contributed by atoms with Gasteiger partial charge in [0, 0.05) is 39.6 Å². The Kier molecular flexibility index (Phi) is 6.91. The smallest absolute Gasteiger partial charge is 0.377 e. The fourth-order valence-corrected chi connectivity index (χ4v) is 5.34. The van der Waals surface area contributed by atoms with E-state index in [2.05, 4.69) is 4.98 Å². The molecule has 0 aliphatic rings. The van der Waals surface area contributed by atoms with Gasteiger partial charge in [-0.1, -0.05) is 48.8 Å². The van der Waals surface area contributed by atoms with E-state index < -0.39 is 11.8 Å². The molecule has 0 aliphatic heterocycles. The molecule has 0 aliphatic carbocycles. The van der Waals surface area contributed by atoms with Crippen molar-refractivity contribution < 1.29 is 14.7 Å². The van der Waals surface area contributed by atoms with Crippen LogP contribution in [0.3, 0.4) is 0 Å². The van der Waals surface area contributed by atoms with Crippen LogP contribution in [-0.4, -0.2) is 26.4 Å². The fourth-order valence-electron chi connectivity index (χ4n) is 3.33. The number of aromatic nitrogens is 2. The summed E-state index contributed by atoms with van der Waals surface area (Å²) in [5, 5.41) is 11.2. The molecule has 3 aromatic rings. The minimum Gasteiger partial charge on any atom is -0.475 e. The normalized spacial score (nSPS) is 11.1. The zero-order valence-corrected chi connectivity index (χ0v) is 19.0. The van der Waals surface area contributed by atoms with Crippen molar-refractivity contribution in [2.24, 2.45) is 0 Å². The lowest BCUT2D eigenvalue weighted by molar-refractivity contribution is -0.131. The summed E-state index contributed by atoms with van der Waals surface area (Å²) < 4.78 is 1.97. The lowest BCUT2D eigenvalue weighted by Gasteiger charge is -2.14. The first kappa shape index (κ1) is 22.4. The number of halogens is 2. The maximum Gasteiger partial charge on any atom is 0.377 e. The molecule has 156 valence electrons. The second kappa shape index (κ2) is 9.25. The van der Waals surface area contributed by atoms with E-state index in [-0.39, 0.29) is 11.5 Å². The number of nitrogens with zero attached hydrogens (tertiary/aromatic N) is 2. The molecule has 8 heteroatoms. The Morgan fingerprint density at radius 1 is 1.13 bits per heavy atom. The van der Waals surface area contributed by atoms with Crippen LogP contribution in [0.4, 0.5) is 0 Å². The summed E-state index contributed by atoms with van der Waals surface area (Å²) in [5.74, 6) is -2.45. The summed E-state index contributed by atoms with van der Waals surface area (Å²) >= 11 is 13.8. The Bertz CT molecular complexity index is 1090. The van der Waals surface area contributed by atoms with Crippen LogP contribution in [-0.2, 0) is 11.3 Å². The zero-order chi connectivity index (χ0) is 22.0. The van der Waals surface area contributed by atoms with Crippen molar-refractivity contribution in [1.29, 1.82) is 0 Å². The van der Waals surface area contributed by atoms with Crippen molar-refractivity contribution in [3.8, 4) is 0 Å². The number of Topliss-reactive ketones (excluding diaryl/α,β-unsaturated/α-hetero) is 1. The summed E-state index contributed by atoms with van der Waals surface area (Å²) in [5.41, 5.74) is 2.54. The Balaban J connectivity index is 2.23. The average Bonchev–Trinajstić information content (AvgIpc) is 2.93.